The van der Waals surface area contributed by atoms with Crippen LogP contribution >= 0.6 is 0 Å². The van der Waals surface area contributed by atoms with E-state index in [4.69, 9.17) is 16.5 Å². The van der Waals surface area contributed by atoms with Crippen LogP contribution in [0, 0.1) is 0 Å². The molecule has 15 heavy (non-hydrogen) atoms. The van der Waals surface area contributed by atoms with Gasteiger partial charge in [-0.25, -0.2) is 0 Å². The zero-order valence-electron chi connectivity index (χ0n) is 10.3. The van der Waals surface area contributed by atoms with E-state index in [-0.39, 0.29) is 0 Å². The van der Waals surface area contributed by atoms with Crippen molar-refractivity contribution < 1.29 is 16.5 Å². The molecule has 0 aliphatic carbocycles. The first-order chi connectivity index (χ1) is 6.95. The summed E-state index contributed by atoms with van der Waals surface area (Å²) in [7, 11) is -6.47. The lowest BCUT2D eigenvalue weighted by Crippen LogP contribution is -2.52. The average Bonchev–Trinajstić information content (AvgIpc) is 1.99. The number of hydrogen-bond acceptors (Lipinski definition) is 4. The number of hydrogen-bond donors (Lipinski definition) is 0. The summed E-state index contributed by atoms with van der Waals surface area (Å²) in [6, 6.07) is 1.05. The van der Waals surface area contributed by atoms with Gasteiger partial charge < -0.3 is 16.5 Å². The Hall–Kier alpha value is 0.708. The van der Waals surface area contributed by atoms with Gasteiger partial charge in [-0.3, -0.25) is 0 Å². The van der Waals surface area contributed by atoms with Crippen LogP contribution in [-0.2, 0) is 16.5 Å². The van der Waals surface area contributed by atoms with Gasteiger partial charge in [0.2, 0.25) is 0 Å². The molecular formula is C7H22O4Si4. The minimum Gasteiger partial charge on any atom is -0.420 e. The third-order valence-corrected chi connectivity index (χ3v) is 16.5. The first kappa shape index (κ1) is 13.8. The Bertz CT molecular complexity index is 191. The van der Waals surface area contributed by atoms with Crippen LogP contribution in [0.5, 0.6) is 0 Å². The molecule has 1 heterocycles. The van der Waals surface area contributed by atoms with Crippen LogP contribution in [0.15, 0.2) is 0 Å². The summed E-state index contributed by atoms with van der Waals surface area (Å²) in [6.45, 7) is 10.5. The molecule has 0 N–H and O–H groups in total. The summed E-state index contributed by atoms with van der Waals surface area (Å²) in [5, 5.41) is 0. The molecule has 2 unspecified atom stereocenters. The molecule has 0 spiro atoms. The lowest BCUT2D eigenvalue weighted by Gasteiger charge is -2.36. The van der Waals surface area contributed by atoms with Gasteiger partial charge in [-0.1, -0.05) is 13.3 Å². The van der Waals surface area contributed by atoms with Gasteiger partial charge in [-0.05, 0) is 32.2 Å². The minimum atomic E-state index is -1.98. The fraction of sp³-hybridized carbons (Fsp3) is 1.00. The molecule has 1 saturated heterocycles. The highest BCUT2D eigenvalue weighted by Crippen LogP contribution is 2.21. The molecule has 0 aromatic heterocycles. The summed E-state index contributed by atoms with van der Waals surface area (Å²) in [4.78, 5) is 0. The second kappa shape index (κ2) is 5.86. The van der Waals surface area contributed by atoms with Crippen LogP contribution in [0.25, 0.3) is 0 Å². The Morgan fingerprint density at radius 1 is 0.933 bits per heavy atom. The fourth-order valence-electron chi connectivity index (χ4n) is 1.93. The Morgan fingerprint density at radius 3 is 1.80 bits per heavy atom. The van der Waals surface area contributed by atoms with Gasteiger partial charge in [0.15, 0.2) is 0 Å². The van der Waals surface area contributed by atoms with Gasteiger partial charge in [0, 0.05) is 0 Å². The average molecular weight is 283 g/mol. The van der Waals surface area contributed by atoms with Gasteiger partial charge >= 0.3 is 8.56 Å². The Labute approximate surface area is 98.7 Å². The molecule has 1 aliphatic heterocycles. The number of rotatable bonds is 2. The Morgan fingerprint density at radius 2 is 1.40 bits per heavy atom. The second-order valence-corrected chi connectivity index (χ2v) is 14.3. The van der Waals surface area contributed by atoms with E-state index in [1.54, 1.807) is 0 Å². The van der Waals surface area contributed by atoms with Crippen molar-refractivity contribution in [1.82, 2.24) is 0 Å². The zero-order chi connectivity index (χ0) is 11.5. The minimum absolute atomic E-state index is 1.05. The van der Waals surface area contributed by atoms with Crippen molar-refractivity contribution in [3.63, 3.8) is 0 Å². The van der Waals surface area contributed by atoms with E-state index in [0.717, 1.165) is 12.5 Å². The largest absolute Gasteiger partial charge is 0.420 e. The predicted octanol–water partition coefficient (Wildman–Crippen LogP) is 1.10. The Balaban J connectivity index is 2.65. The van der Waals surface area contributed by atoms with Gasteiger partial charge in [-0.2, -0.15) is 0 Å². The normalized spacial score (nSPS) is 43.4. The van der Waals surface area contributed by atoms with Crippen molar-refractivity contribution >= 4 is 36.4 Å². The van der Waals surface area contributed by atoms with Crippen LogP contribution in [-0.4, -0.2) is 36.4 Å². The molecule has 1 fully saturated rings. The van der Waals surface area contributed by atoms with E-state index in [1.165, 1.54) is 0 Å². The highest BCUT2D eigenvalue weighted by molar-refractivity contribution is 6.81. The SMILES string of the molecule is CCC[Si]1(C)O[SiH](C)O[SiH](C)O[SiH](C)O1. The molecule has 8 heteroatoms. The summed E-state index contributed by atoms with van der Waals surface area (Å²) >= 11 is 0. The maximum Gasteiger partial charge on any atom is 0.316 e. The van der Waals surface area contributed by atoms with E-state index in [0.29, 0.717) is 0 Å². The van der Waals surface area contributed by atoms with E-state index >= 15 is 0 Å². The molecule has 0 radical (unpaired) electrons. The highest BCUT2D eigenvalue weighted by Gasteiger charge is 2.38. The van der Waals surface area contributed by atoms with Crippen LogP contribution in [0.3, 0.4) is 0 Å². The molecule has 0 aromatic rings. The first-order valence-corrected chi connectivity index (χ1v) is 14.4. The molecule has 90 valence electrons. The van der Waals surface area contributed by atoms with Crippen molar-refractivity contribution in [1.29, 1.82) is 0 Å². The zero-order valence-corrected chi connectivity index (χ0v) is 14.7. The molecule has 1 rings (SSSR count). The molecule has 4 nitrogen and oxygen atoms in total. The Kier molecular flexibility index (Phi) is 5.38. The molecule has 0 bridgehead atoms. The van der Waals surface area contributed by atoms with Gasteiger partial charge in [0.05, 0.1) is 0 Å². The monoisotopic (exact) mass is 282 g/mol. The van der Waals surface area contributed by atoms with E-state index in [9.17, 15) is 0 Å². The van der Waals surface area contributed by atoms with Gasteiger partial charge in [0.25, 0.3) is 27.9 Å². The standard InChI is InChI=1S/C7H22O4Si4/c1-6-7-15(5)10-13(3)8-12(2)9-14(4)11-15/h12-14H,6-7H2,1-5H3. The molecule has 2 atom stereocenters. The third kappa shape index (κ3) is 4.61. The smallest absolute Gasteiger partial charge is 0.316 e. The quantitative estimate of drug-likeness (QED) is 0.711. The van der Waals surface area contributed by atoms with Crippen molar-refractivity contribution in [2.75, 3.05) is 0 Å². The predicted molar refractivity (Wildman–Crippen MR) is 70.1 cm³/mol. The lowest BCUT2D eigenvalue weighted by molar-refractivity contribution is 0.274. The van der Waals surface area contributed by atoms with E-state index in [1.807, 2.05) is 0 Å². The first-order valence-electron chi connectivity index (χ1n) is 5.62. The maximum absolute atomic E-state index is 6.08. The van der Waals surface area contributed by atoms with Crippen molar-refractivity contribution in [3.05, 3.63) is 0 Å². The van der Waals surface area contributed by atoms with Gasteiger partial charge in [0.1, 0.15) is 0 Å². The van der Waals surface area contributed by atoms with Crippen LogP contribution < -0.4 is 0 Å². The summed E-state index contributed by atoms with van der Waals surface area (Å²) in [5.74, 6) is 0. The van der Waals surface area contributed by atoms with Crippen molar-refractivity contribution in [3.8, 4) is 0 Å². The molecule has 1 aliphatic rings. The van der Waals surface area contributed by atoms with Gasteiger partial charge in [-0.15, -0.1) is 0 Å². The van der Waals surface area contributed by atoms with Crippen molar-refractivity contribution in [2.24, 2.45) is 0 Å². The van der Waals surface area contributed by atoms with E-state index < -0.39 is 36.4 Å². The molecule has 0 aromatic carbocycles. The van der Waals surface area contributed by atoms with E-state index in [2.05, 4.69) is 33.1 Å². The van der Waals surface area contributed by atoms with Crippen LogP contribution in [0.4, 0.5) is 0 Å². The lowest BCUT2D eigenvalue weighted by atomic mass is 10.6. The summed E-state index contributed by atoms with van der Waals surface area (Å²) < 4.78 is 23.8. The van der Waals surface area contributed by atoms with Crippen LogP contribution in [0.1, 0.15) is 13.3 Å². The van der Waals surface area contributed by atoms with Crippen LogP contribution in [0.2, 0.25) is 32.2 Å². The molecule has 0 amide bonds. The molecule has 0 saturated carbocycles. The third-order valence-electron chi connectivity index (χ3n) is 2.30. The maximum atomic E-state index is 6.08. The topological polar surface area (TPSA) is 36.9 Å². The second-order valence-electron chi connectivity index (χ2n) is 4.09. The molecular weight excluding hydrogens is 260 g/mol. The van der Waals surface area contributed by atoms with Crippen molar-refractivity contribution in [2.45, 2.75) is 45.6 Å². The summed E-state index contributed by atoms with van der Waals surface area (Å²) in [5.41, 5.74) is 0. The summed E-state index contributed by atoms with van der Waals surface area (Å²) in [6.07, 6.45) is 1.11. The fourth-order valence-corrected chi connectivity index (χ4v) is 16.7. The highest BCUT2D eigenvalue weighted by atomic mass is 28.5.